The van der Waals surface area contributed by atoms with Crippen LogP contribution in [0.5, 0.6) is 5.75 Å². The molecule has 4 rings (SSSR count). The Morgan fingerprint density at radius 3 is 2.18 bits per heavy atom. The molecule has 0 bridgehead atoms. The van der Waals surface area contributed by atoms with Gasteiger partial charge in [-0.1, -0.05) is 68.8 Å². The molecule has 0 aromatic heterocycles. The van der Waals surface area contributed by atoms with Crippen LogP contribution in [0.1, 0.15) is 44.4 Å². The number of carbonyl (C=O) groups excluding carboxylic acids is 2. The van der Waals surface area contributed by atoms with E-state index in [1.54, 1.807) is 18.2 Å². The smallest absolute Gasteiger partial charge is 0.282 e. The number of amides is 2. The van der Waals surface area contributed by atoms with Crippen molar-refractivity contribution >= 4 is 28.8 Å². The first-order valence-electron chi connectivity index (χ1n) is 11.5. The predicted octanol–water partition coefficient (Wildman–Crippen LogP) is 6.09. The Morgan fingerprint density at radius 2 is 1.56 bits per heavy atom. The highest BCUT2D eigenvalue weighted by molar-refractivity contribution is 6.46. The number of hydrogen-bond donors (Lipinski definition) is 1. The van der Waals surface area contributed by atoms with Gasteiger partial charge in [0.05, 0.1) is 17.9 Å². The zero-order chi connectivity index (χ0) is 24.5. The third-order valence-corrected chi connectivity index (χ3v) is 5.83. The van der Waals surface area contributed by atoms with Crippen molar-refractivity contribution < 1.29 is 14.3 Å². The van der Waals surface area contributed by atoms with E-state index in [2.05, 4.69) is 26.1 Å². The number of rotatable bonds is 6. The number of imide groups is 1. The summed E-state index contributed by atoms with van der Waals surface area (Å²) < 4.78 is 5.58. The monoisotopic (exact) mass is 454 g/mol. The molecule has 2 amide bonds. The van der Waals surface area contributed by atoms with Gasteiger partial charge in [-0.2, -0.15) is 0 Å². The highest BCUT2D eigenvalue weighted by atomic mass is 16.5. The first-order chi connectivity index (χ1) is 16.2. The summed E-state index contributed by atoms with van der Waals surface area (Å²) in [7, 11) is 0. The summed E-state index contributed by atoms with van der Waals surface area (Å²) in [6.07, 6.45) is 0. The molecule has 0 saturated heterocycles. The summed E-state index contributed by atoms with van der Waals surface area (Å²) in [5.74, 6) is -0.151. The Balaban J connectivity index is 1.76. The third-order valence-electron chi connectivity index (χ3n) is 5.83. The van der Waals surface area contributed by atoms with Crippen LogP contribution in [0.25, 0.3) is 5.57 Å². The first kappa shape index (κ1) is 23.3. The molecule has 0 spiro atoms. The van der Waals surface area contributed by atoms with Crippen molar-refractivity contribution in [1.29, 1.82) is 0 Å². The van der Waals surface area contributed by atoms with Crippen molar-refractivity contribution in [2.24, 2.45) is 0 Å². The second-order valence-electron chi connectivity index (χ2n) is 9.44. The molecule has 3 aromatic carbocycles. The van der Waals surface area contributed by atoms with Gasteiger partial charge in [-0.3, -0.25) is 9.59 Å². The normalized spacial score (nSPS) is 14.1. The van der Waals surface area contributed by atoms with Gasteiger partial charge in [-0.25, -0.2) is 4.90 Å². The maximum absolute atomic E-state index is 13.6. The molecular formula is C29H30N2O3. The molecule has 0 saturated carbocycles. The van der Waals surface area contributed by atoms with E-state index in [-0.39, 0.29) is 17.0 Å². The number of hydrogen-bond acceptors (Lipinski definition) is 4. The molecule has 0 aliphatic carbocycles. The van der Waals surface area contributed by atoms with Crippen LogP contribution < -0.4 is 15.0 Å². The quantitative estimate of drug-likeness (QED) is 0.458. The van der Waals surface area contributed by atoms with Crippen LogP contribution in [-0.4, -0.2) is 18.4 Å². The number of anilines is 2. The molecule has 1 aliphatic heterocycles. The minimum absolute atomic E-state index is 0.0202. The fourth-order valence-corrected chi connectivity index (χ4v) is 3.95. The van der Waals surface area contributed by atoms with Crippen molar-refractivity contribution in [3.8, 4) is 5.75 Å². The van der Waals surface area contributed by atoms with E-state index in [1.165, 1.54) is 10.5 Å². The molecule has 0 unspecified atom stereocenters. The van der Waals surface area contributed by atoms with Gasteiger partial charge in [0.1, 0.15) is 11.4 Å². The topological polar surface area (TPSA) is 58.6 Å². The van der Waals surface area contributed by atoms with E-state index in [1.807, 2.05) is 68.4 Å². The fraction of sp³-hybridized carbons (Fsp3) is 0.241. The van der Waals surface area contributed by atoms with Gasteiger partial charge in [0.2, 0.25) is 0 Å². The van der Waals surface area contributed by atoms with E-state index in [0.717, 1.165) is 11.3 Å². The highest BCUT2D eigenvalue weighted by Crippen LogP contribution is 2.35. The number of benzene rings is 3. The summed E-state index contributed by atoms with van der Waals surface area (Å²) in [5, 5.41) is 3.24. The number of nitrogens with one attached hydrogen (secondary N) is 1. The predicted molar refractivity (Wildman–Crippen MR) is 137 cm³/mol. The molecule has 174 valence electrons. The highest BCUT2D eigenvalue weighted by Gasteiger charge is 2.40. The molecular weight excluding hydrogens is 424 g/mol. The first-order valence-corrected chi connectivity index (χ1v) is 11.5. The number of nitrogens with zero attached hydrogens (tertiary/aromatic N) is 1. The van der Waals surface area contributed by atoms with Crippen LogP contribution in [0, 0.1) is 6.92 Å². The van der Waals surface area contributed by atoms with Crippen LogP contribution >= 0.6 is 0 Å². The Labute approximate surface area is 201 Å². The average molecular weight is 455 g/mol. The molecule has 5 heteroatoms. The van der Waals surface area contributed by atoms with Crippen LogP contribution in [0.15, 0.2) is 78.5 Å². The van der Waals surface area contributed by atoms with Gasteiger partial charge in [0, 0.05) is 11.8 Å². The largest absolute Gasteiger partial charge is 0.494 e. The number of aryl methyl sites for hydroxylation is 1. The second kappa shape index (κ2) is 9.18. The Hall–Kier alpha value is -3.86. The van der Waals surface area contributed by atoms with Crippen molar-refractivity contribution in [2.45, 2.75) is 40.0 Å². The zero-order valence-corrected chi connectivity index (χ0v) is 20.3. The summed E-state index contributed by atoms with van der Waals surface area (Å²) >= 11 is 0. The van der Waals surface area contributed by atoms with E-state index < -0.39 is 5.91 Å². The lowest BCUT2D eigenvalue weighted by Gasteiger charge is -2.19. The molecule has 0 atom stereocenters. The SMILES string of the molecule is CCOc1cccc(N2C(=O)C(Nc3ccc(C(C)(C)C)cc3)=C(c3ccc(C)cc3)C2=O)c1. The third kappa shape index (κ3) is 4.60. The van der Waals surface area contributed by atoms with E-state index in [9.17, 15) is 9.59 Å². The Bertz CT molecular complexity index is 1250. The number of carbonyl (C=O) groups is 2. The van der Waals surface area contributed by atoms with E-state index in [0.29, 0.717) is 29.2 Å². The lowest BCUT2D eigenvalue weighted by molar-refractivity contribution is -0.120. The van der Waals surface area contributed by atoms with Gasteiger partial charge >= 0.3 is 0 Å². The minimum Gasteiger partial charge on any atom is -0.494 e. The van der Waals surface area contributed by atoms with Crippen molar-refractivity contribution in [3.05, 3.63) is 95.2 Å². The molecule has 3 aromatic rings. The molecule has 34 heavy (non-hydrogen) atoms. The van der Waals surface area contributed by atoms with Gasteiger partial charge in [-0.05, 0) is 54.7 Å². The van der Waals surface area contributed by atoms with Crippen LogP contribution in [0.3, 0.4) is 0 Å². The molecule has 0 radical (unpaired) electrons. The molecule has 1 heterocycles. The second-order valence-corrected chi connectivity index (χ2v) is 9.44. The van der Waals surface area contributed by atoms with Crippen LogP contribution in [0.4, 0.5) is 11.4 Å². The van der Waals surface area contributed by atoms with Gasteiger partial charge in [0.25, 0.3) is 11.8 Å². The lowest BCUT2D eigenvalue weighted by atomic mass is 9.87. The van der Waals surface area contributed by atoms with Gasteiger partial charge < -0.3 is 10.1 Å². The zero-order valence-electron chi connectivity index (χ0n) is 20.3. The van der Waals surface area contributed by atoms with Crippen molar-refractivity contribution in [1.82, 2.24) is 0 Å². The van der Waals surface area contributed by atoms with Crippen molar-refractivity contribution in [2.75, 3.05) is 16.8 Å². The van der Waals surface area contributed by atoms with Gasteiger partial charge in [0.15, 0.2) is 0 Å². The fourth-order valence-electron chi connectivity index (χ4n) is 3.95. The maximum Gasteiger partial charge on any atom is 0.282 e. The summed E-state index contributed by atoms with van der Waals surface area (Å²) in [6, 6.07) is 22.6. The van der Waals surface area contributed by atoms with Crippen molar-refractivity contribution in [3.63, 3.8) is 0 Å². The van der Waals surface area contributed by atoms with E-state index >= 15 is 0 Å². The number of ether oxygens (including phenoxy) is 1. The van der Waals surface area contributed by atoms with Gasteiger partial charge in [-0.15, -0.1) is 0 Å². The summed E-state index contributed by atoms with van der Waals surface area (Å²) in [6.45, 7) is 10.8. The minimum atomic E-state index is -0.394. The molecule has 1 aliphatic rings. The standard InChI is InChI=1S/C29H30N2O3/c1-6-34-24-9-7-8-23(18-24)31-27(32)25(20-12-10-19(2)11-13-20)26(28(31)33)30-22-16-14-21(15-17-22)29(3,4)5/h7-18,30H,6H2,1-5H3. The summed E-state index contributed by atoms with van der Waals surface area (Å²) in [4.78, 5) is 28.4. The van der Waals surface area contributed by atoms with Crippen LogP contribution in [0.2, 0.25) is 0 Å². The van der Waals surface area contributed by atoms with Crippen LogP contribution in [-0.2, 0) is 15.0 Å². The Kier molecular flexibility index (Phi) is 6.29. The molecule has 1 N–H and O–H groups in total. The maximum atomic E-state index is 13.6. The molecule has 5 nitrogen and oxygen atoms in total. The Morgan fingerprint density at radius 1 is 0.882 bits per heavy atom. The lowest BCUT2D eigenvalue weighted by Crippen LogP contribution is -2.32. The summed E-state index contributed by atoms with van der Waals surface area (Å²) in [5.41, 5.74) is 4.83. The molecule has 0 fully saturated rings. The average Bonchev–Trinajstić information content (AvgIpc) is 3.04. The van der Waals surface area contributed by atoms with E-state index in [4.69, 9.17) is 4.74 Å².